The van der Waals surface area contributed by atoms with Crippen molar-refractivity contribution in [3.63, 3.8) is 0 Å². The molecule has 2 heterocycles. The number of nitrogens with one attached hydrogen (secondary N) is 2. The topological polar surface area (TPSA) is 92.5 Å². The van der Waals surface area contributed by atoms with Crippen LogP contribution in [0.2, 0.25) is 0 Å². The summed E-state index contributed by atoms with van der Waals surface area (Å²) in [5.74, 6) is -2.27. The quantitative estimate of drug-likeness (QED) is 0.678. The SMILES string of the molecule is O=C(Nc1ccc(N2CCOCC2)cc1F)c1nnc(Nc2ccccc2F)o1. The fourth-order valence-corrected chi connectivity index (χ4v) is 2.84. The molecule has 2 N–H and O–H groups in total. The Balaban J connectivity index is 1.43. The van der Waals surface area contributed by atoms with Crippen molar-refractivity contribution in [1.82, 2.24) is 10.2 Å². The molecule has 0 spiro atoms. The largest absolute Gasteiger partial charge is 0.399 e. The van der Waals surface area contributed by atoms with Gasteiger partial charge in [0, 0.05) is 18.8 Å². The fraction of sp³-hybridized carbons (Fsp3) is 0.211. The zero-order valence-corrected chi connectivity index (χ0v) is 15.2. The van der Waals surface area contributed by atoms with E-state index in [0.29, 0.717) is 32.0 Å². The van der Waals surface area contributed by atoms with Crippen LogP contribution in [0.15, 0.2) is 46.9 Å². The Kier molecular flexibility index (Phi) is 5.34. The monoisotopic (exact) mass is 401 g/mol. The second kappa shape index (κ2) is 8.23. The number of carbonyl (C=O) groups is 1. The van der Waals surface area contributed by atoms with Gasteiger partial charge in [-0.05, 0) is 30.3 Å². The lowest BCUT2D eigenvalue weighted by Crippen LogP contribution is -2.36. The zero-order chi connectivity index (χ0) is 20.2. The molecule has 1 fully saturated rings. The lowest BCUT2D eigenvalue weighted by Gasteiger charge is -2.29. The summed E-state index contributed by atoms with van der Waals surface area (Å²) in [7, 11) is 0. The van der Waals surface area contributed by atoms with Crippen molar-refractivity contribution in [1.29, 1.82) is 0 Å². The van der Waals surface area contributed by atoms with Crippen LogP contribution < -0.4 is 15.5 Å². The highest BCUT2D eigenvalue weighted by atomic mass is 19.1. The molecule has 0 radical (unpaired) electrons. The van der Waals surface area contributed by atoms with Crippen molar-refractivity contribution in [2.45, 2.75) is 0 Å². The first kappa shape index (κ1) is 18.8. The standard InChI is InChI=1S/C19H17F2N5O3/c20-13-3-1-2-4-15(13)23-19-25-24-18(29-19)17(27)22-16-6-5-12(11-14(16)21)26-7-9-28-10-8-26/h1-6,11H,7-10H2,(H,22,27)(H,23,25). The van der Waals surface area contributed by atoms with E-state index < -0.39 is 17.5 Å². The summed E-state index contributed by atoms with van der Waals surface area (Å²) in [6, 6.07) is 10.3. The summed E-state index contributed by atoms with van der Waals surface area (Å²) in [5, 5.41) is 12.2. The van der Waals surface area contributed by atoms with Gasteiger partial charge in [0.05, 0.1) is 24.6 Å². The van der Waals surface area contributed by atoms with Crippen LogP contribution in [0.25, 0.3) is 0 Å². The first-order valence-corrected chi connectivity index (χ1v) is 8.89. The molecule has 3 aromatic rings. The minimum absolute atomic E-state index is 0.0196. The van der Waals surface area contributed by atoms with Gasteiger partial charge in [-0.25, -0.2) is 8.78 Å². The van der Waals surface area contributed by atoms with Gasteiger partial charge in [0.25, 0.3) is 0 Å². The molecule has 1 saturated heterocycles. The van der Waals surface area contributed by atoms with Crippen molar-refractivity contribution in [2.75, 3.05) is 41.8 Å². The molecule has 0 saturated carbocycles. The third-order valence-corrected chi connectivity index (χ3v) is 4.31. The second-order valence-electron chi connectivity index (χ2n) is 6.23. The normalized spacial score (nSPS) is 13.9. The number of carbonyl (C=O) groups excluding carboxylic acids is 1. The molecule has 29 heavy (non-hydrogen) atoms. The Morgan fingerprint density at radius 3 is 2.55 bits per heavy atom. The van der Waals surface area contributed by atoms with Crippen molar-refractivity contribution in [3.05, 3.63) is 60.0 Å². The molecule has 1 aromatic heterocycles. The summed E-state index contributed by atoms with van der Waals surface area (Å²) in [5.41, 5.74) is 0.805. The number of halogens is 2. The Hall–Kier alpha value is -3.53. The van der Waals surface area contributed by atoms with Crippen molar-refractivity contribution in [3.8, 4) is 0 Å². The lowest BCUT2D eigenvalue weighted by molar-refractivity contribution is 0.0990. The molecule has 1 amide bonds. The van der Waals surface area contributed by atoms with Gasteiger partial charge in [-0.2, -0.15) is 0 Å². The van der Waals surface area contributed by atoms with E-state index in [2.05, 4.69) is 20.8 Å². The maximum atomic E-state index is 14.4. The van der Waals surface area contributed by atoms with Crippen LogP contribution in [0.1, 0.15) is 10.7 Å². The average Bonchev–Trinajstić information content (AvgIpc) is 3.21. The molecule has 0 bridgehead atoms. The van der Waals surface area contributed by atoms with E-state index in [-0.39, 0.29) is 23.3 Å². The number of hydrogen-bond acceptors (Lipinski definition) is 7. The van der Waals surface area contributed by atoms with Crippen LogP contribution >= 0.6 is 0 Å². The van der Waals surface area contributed by atoms with E-state index in [4.69, 9.17) is 9.15 Å². The van der Waals surface area contributed by atoms with Crippen molar-refractivity contribution < 1.29 is 22.7 Å². The van der Waals surface area contributed by atoms with Crippen LogP contribution in [0.5, 0.6) is 0 Å². The predicted molar refractivity (Wildman–Crippen MR) is 101 cm³/mol. The summed E-state index contributed by atoms with van der Waals surface area (Å²) >= 11 is 0. The first-order chi connectivity index (χ1) is 14.1. The zero-order valence-electron chi connectivity index (χ0n) is 15.2. The summed E-state index contributed by atoms with van der Waals surface area (Å²) in [6.45, 7) is 2.51. The highest BCUT2D eigenvalue weighted by Crippen LogP contribution is 2.24. The predicted octanol–water partition coefficient (Wildman–Crippen LogP) is 3.18. The summed E-state index contributed by atoms with van der Waals surface area (Å²) < 4.78 is 38.5. The minimum atomic E-state index is -0.780. The number of amides is 1. The van der Waals surface area contributed by atoms with Crippen molar-refractivity contribution in [2.24, 2.45) is 0 Å². The lowest BCUT2D eigenvalue weighted by atomic mass is 10.2. The molecular formula is C19H17F2N5O3. The first-order valence-electron chi connectivity index (χ1n) is 8.89. The number of para-hydroxylation sites is 1. The molecule has 2 aromatic carbocycles. The molecule has 10 heteroatoms. The van der Waals surface area contributed by atoms with Crippen LogP contribution in [0.3, 0.4) is 0 Å². The van der Waals surface area contributed by atoms with E-state index in [1.165, 1.54) is 30.3 Å². The Labute approximate surface area is 164 Å². The minimum Gasteiger partial charge on any atom is -0.399 e. The van der Waals surface area contributed by atoms with Gasteiger partial charge in [-0.15, -0.1) is 5.10 Å². The van der Waals surface area contributed by atoms with E-state index in [1.807, 2.05) is 4.90 Å². The molecule has 1 aliphatic rings. The van der Waals surface area contributed by atoms with Gasteiger partial charge in [-0.1, -0.05) is 17.2 Å². The molecule has 4 rings (SSSR count). The number of rotatable bonds is 5. The number of hydrogen-bond donors (Lipinski definition) is 2. The van der Waals surface area contributed by atoms with Crippen LogP contribution in [-0.2, 0) is 4.74 Å². The third-order valence-electron chi connectivity index (χ3n) is 4.31. The Morgan fingerprint density at radius 2 is 1.79 bits per heavy atom. The van der Waals surface area contributed by atoms with E-state index in [0.717, 1.165) is 0 Å². The van der Waals surface area contributed by atoms with Crippen molar-refractivity contribution >= 4 is 29.0 Å². The second-order valence-corrected chi connectivity index (χ2v) is 6.23. The number of nitrogens with zero attached hydrogens (tertiary/aromatic N) is 3. The highest BCUT2D eigenvalue weighted by molar-refractivity contribution is 6.01. The van der Waals surface area contributed by atoms with Gasteiger partial charge in [0.1, 0.15) is 11.6 Å². The number of benzene rings is 2. The van der Waals surface area contributed by atoms with Crippen LogP contribution in [0.4, 0.5) is 31.9 Å². The van der Waals surface area contributed by atoms with E-state index in [9.17, 15) is 13.6 Å². The molecule has 0 aliphatic carbocycles. The van der Waals surface area contributed by atoms with Gasteiger partial charge in [0.15, 0.2) is 0 Å². The summed E-state index contributed by atoms with van der Waals surface area (Å²) in [4.78, 5) is 14.3. The van der Waals surface area contributed by atoms with E-state index >= 15 is 0 Å². The maximum absolute atomic E-state index is 14.4. The van der Waals surface area contributed by atoms with Gasteiger partial charge in [-0.3, -0.25) is 4.79 Å². The number of anilines is 4. The number of morpholine rings is 1. The smallest absolute Gasteiger partial charge is 0.320 e. The third kappa shape index (κ3) is 4.32. The van der Waals surface area contributed by atoms with Crippen LogP contribution in [0, 0.1) is 11.6 Å². The molecule has 1 aliphatic heterocycles. The Bertz CT molecular complexity index is 1020. The molecule has 0 atom stereocenters. The molecule has 8 nitrogen and oxygen atoms in total. The summed E-state index contributed by atoms with van der Waals surface area (Å²) in [6.07, 6.45) is 0. The van der Waals surface area contributed by atoms with Gasteiger partial charge >= 0.3 is 17.8 Å². The fourth-order valence-electron chi connectivity index (χ4n) is 2.84. The molecule has 150 valence electrons. The Morgan fingerprint density at radius 1 is 1.00 bits per heavy atom. The van der Waals surface area contributed by atoms with Gasteiger partial charge in [0.2, 0.25) is 0 Å². The number of ether oxygens (including phenoxy) is 1. The number of aromatic nitrogens is 2. The highest BCUT2D eigenvalue weighted by Gasteiger charge is 2.19. The van der Waals surface area contributed by atoms with E-state index in [1.54, 1.807) is 12.1 Å². The van der Waals surface area contributed by atoms with Gasteiger partial charge < -0.3 is 24.7 Å². The molecule has 0 unspecified atom stereocenters. The van der Waals surface area contributed by atoms with Crippen LogP contribution in [-0.4, -0.2) is 42.4 Å². The maximum Gasteiger partial charge on any atom is 0.320 e. The average molecular weight is 401 g/mol. The molecular weight excluding hydrogens is 384 g/mol.